The highest BCUT2D eigenvalue weighted by Gasteiger charge is 2.05. The van der Waals surface area contributed by atoms with Crippen molar-refractivity contribution in [3.63, 3.8) is 0 Å². The molecular formula is C15H18Br2N2O2. The molecule has 1 aromatic heterocycles. The molecule has 0 bridgehead atoms. The van der Waals surface area contributed by atoms with Crippen LogP contribution < -0.4 is 10.1 Å². The Balaban J connectivity index is 1.82. The molecule has 0 saturated carbocycles. The Hall–Kier alpha value is -0.980. The Kier molecular flexibility index (Phi) is 6.14. The van der Waals surface area contributed by atoms with Gasteiger partial charge < -0.3 is 19.4 Å². The molecule has 0 fully saturated rings. The molecule has 0 aliphatic carbocycles. The molecule has 1 aromatic carbocycles. The van der Waals surface area contributed by atoms with E-state index in [0.29, 0.717) is 17.8 Å². The van der Waals surface area contributed by atoms with Crippen LogP contribution in [0.3, 0.4) is 0 Å². The summed E-state index contributed by atoms with van der Waals surface area (Å²) in [6.07, 6.45) is 0. The summed E-state index contributed by atoms with van der Waals surface area (Å²) >= 11 is 6.72. The molecule has 0 atom stereocenters. The first kappa shape index (κ1) is 16.4. The number of nitrogens with zero attached hydrogens (tertiary/aromatic N) is 1. The molecule has 2 aromatic rings. The average molecular weight is 418 g/mol. The van der Waals surface area contributed by atoms with Crippen LogP contribution in [0.1, 0.15) is 5.76 Å². The largest absolute Gasteiger partial charge is 0.492 e. The van der Waals surface area contributed by atoms with Crippen LogP contribution in [0.2, 0.25) is 0 Å². The third-order valence-corrected chi connectivity index (χ3v) is 4.53. The van der Waals surface area contributed by atoms with E-state index in [4.69, 9.17) is 9.15 Å². The van der Waals surface area contributed by atoms with Crippen molar-refractivity contribution in [3.05, 3.63) is 45.2 Å². The van der Waals surface area contributed by atoms with Gasteiger partial charge in [-0.1, -0.05) is 0 Å². The van der Waals surface area contributed by atoms with Crippen molar-refractivity contribution < 1.29 is 9.15 Å². The van der Waals surface area contributed by atoms with Crippen molar-refractivity contribution in [2.75, 3.05) is 32.6 Å². The van der Waals surface area contributed by atoms with Gasteiger partial charge in [0.2, 0.25) is 0 Å². The predicted molar refractivity (Wildman–Crippen MR) is 91.9 cm³/mol. The van der Waals surface area contributed by atoms with Crippen LogP contribution in [0, 0.1) is 0 Å². The van der Waals surface area contributed by atoms with Crippen LogP contribution in [-0.2, 0) is 6.54 Å². The number of hydrogen-bond acceptors (Lipinski definition) is 4. The molecule has 0 radical (unpaired) electrons. The lowest BCUT2D eigenvalue weighted by molar-refractivity contribution is 0.261. The number of likely N-dealkylation sites (N-methyl/N-ethyl adjacent to an activating group) is 1. The molecule has 21 heavy (non-hydrogen) atoms. The first-order valence-electron chi connectivity index (χ1n) is 6.60. The fourth-order valence-electron chi connectivity index (χ4n) is 1.68. The second-order valence-corrected chi connectivity index (χ2v) is 6.44. The zero-order valence-corrected chi connectivity index (χ0v) is 15.2. The van der Waals surface area contributed by atoms with Crippen LogP contribution in [0.4, 0.5) is 5.69 Å². The maximum absolute atomic E-state index is 5.65. The predicted octanol–water partition coefficient (Wildman–Crippen LogP) is 4.36. The fourth-order valence-corrected chi connectivity index (χ4v) is 2.34. The molecule has 2 rings (SSSR count). The molecule has 0 spiro atoms. The van der Waals surface area contributed by atoms with Gasteiger partial charge in [0.1, 0.15) is 18.1 Å². The summed E-state index contributed by atoms with van der Waals surface area (Å²) in [6.45, 7) is 2.22. The summed E-state index contributed by atoms with van der Waals surface area (Å²) in [5, 5.41) is 3.30. The quantitative estimate of drug-likeness (QED) is 0.726. The minimum absolute atomic E-state index is 0.630. The van der Waals surface area contributed by atoms with Gasteiger partial charge in [-0.05, 0) is 76.3 Å². The van der Waals surface area contributed by atoms with E-state index in [9.17, 15) is 0 Å². The molecule has 0 saturated heterocycles. The second kappa shape index (κ2) is 7.87. The SMILES string of the molecule is CN(C)CCOc1ccc(NCc2cc(Br)c(Br)o2)cc1. The topological polar surface area (TPSA) is 37.6 Å². The molecule has 0 unspecified atom stereocenters. The van der Waals surface area contributed by atoms with E-state index in [-0.39, 0.29) is 0 Å². The summed E-state index contributed by atoms with van der Waals surface area (Å²) in [4.78, 5) is 2.09. The Morgan fingerprint density at radius 1 is 1.19 bits per heavy atom. The lowest BCUT2D eigenvalue weighted by atomic mass is 10.3. The monoisotopic (exact) mass is 416 g/mol. The Morgan fingerprint density at radius 3 is 2.48 bits per heavy atom. The van der Waals surface area contributed by atoms with Gasteiger partial charge >= 0.3 is 0 Å². The van der Waals surface area contributed by atoms with Gasteiger partial charge in [0, 0.05) is 12.2 Å². The van der Waals surface area contributed by atoms with E-state index in [0.717, 1.165) is 28.2 Å². The van der Waals surface area contributed by atoms with Crippen molar-refractivity contribution in [1.82, 2.24) is 4.90 Å². The van der Waals surface area contributed by atoms with Crippen molar-refractivity contribution in [2.24, 2.45) is 0 Å². The Bertz CT molecular complexity index is 548. The van der Waals surface area contributed by atoms with Crippen LogP contribution in [-0.4, -0.2) is 32.1 Å². The maximum Gasteiger partial charge on any atom is 0.183 e. The Labute approximate surface area is 141 Å². The smallest absolute Gasteiger partial charge is 0.183 e. The van der Waals surface area contributed by atoms with Crippen molar-refractivity contribution in [1.29, 1.82) is 0 Å². The number of hydrogen-bond donors (Lipinski definition) is 1. The van der Waals surface area contributed by atoms with Gasteiger partial charge in [0.25, 0.3) is 0 Å². The highest BCUT2D eigenvalue weighted by atomic mass is 79.9. The van der Waals surface area contributed by atoms with Gasteiger partial charge in [0.05, 0.1) is 11.0 Å². The normalized spacial score (nSPS) is 10.9. The lowest BCUT2D eigenvalue weighted by Crippen LogP contribution is -2.19. The summed E-state index contributed by atoms with van der Waals surface area (Å²) in [5.41, 5.74) is 1.03. The summed E-state index contributed by atoms with van der Waals surface area (Å²) < 4.78 is 12.8. The molecule has 0 amide bonds. The van der Waals surface area contributed by atoms with Crippen LogP contribution in [0.5, 0.6) is 5.75 Å². The van der Waals surface area contributed by atoms with Gasteiger partial charge in [0.15, 0.2) is 4.67 Å². The van der Waals surface area contributed by atoms with E-state index in [1.807, 2.05) is 44.4 Å². The second-order valence-electron chi connectivity index (χ2n) is 4.86. The van der Waals surface area contributed by atoms with Gasteiger partial charge in [-0.15, -0.1) is 0 Å². The van der Waals surface area contributed by atoms with E-state index in [2.05, 4.69) is 42.1 Å². The van der Waals surface area contributed by atoms with Crippen LogP contribution >= 0.6 is 31.9 Å². The van der Waals surface area contributed by atoms with E-state index in [1.165, 1.54) is 0 Å². The highest BCUT2D eigenvalue weighted by molar-refractivity contribution is 9.13. The molecule has 1 N–H and O–H groups in total. The molecule has 6 heteroatoms. The van der Waals surface area contributed by atoms with E-state index >= 15 is 0 Å². The van der Waals surface area contributed by atoms with E-state index in [1.54, 1.807) is 0 Å². The van der Waals surface area contributed by atoms with Gasteiger partial charge in [-0.25, -0.2) is 0 Å². The maximum atomic E-state index is 5.65. The fraction of sp³-hybridized carbons (Fsp3) is 0.333. The molecule has 4 nitrogen and oxygen atoms in total. The summed E-state index contributed by atoms with van der Waals surface area (Å²) in [7, 11) is 4.06. The first-order valence-corrected chi connectivity index (χ1v) is 8.18. The number of benzene rings is 1. The third-order valence-electron chi connectivity index (χ3n) is 2.82. The van der Waals surface area contributed by atoms with Gasteiger partial charge in [-0.3, -0.25) is 0 Å². The van der Waals surface area contributed by atoms with Crippen LogP contribution in [0.25, 0.3) is 0 Å². The third kappa shape index (κ3) is 5.37. The number of halogens is 2. The highest BCUT2D eigenvalue weighted by Crippen LogP contribution is 2.27. The van der Waals surface area contributed by atoms with Crippen LogP contribution in [0.15, 0.2) is 43.9 Å². The molecule has 0 aliphatic rings. The summed E-state index contributed by atoms with van der Waals surface area (Å²) in [6, 6.07) is 9.86. The number of nitrogens with one attached hydrogen (secondary N) is 1. The lowest BCUT2D eigenvalue weighted by Gasteiger charge is -2.11. The minimum Gasteiger partial charge on any atom is -0.492 e. The molecule has 114 valence electrons. The van der Waals surface area contributed by atoms with Crippen molar-refractivity contribution in [2.45, 2.75) is 6.54 Å². The summed E-state index contributed by atoms with van der Waals surface area (Å²) in [5.74, 6) is 1.74. The van der Waals surface area contributed by atoms with Crippen molar-refractivity contribution in [3.8, 4) is 5.75 Å². The minimum atomic E-state index is 0.630. The standard InChI is InChI=1S/C15H18Br2N2O2/c1-19(2)7-8-20-12-5-3-11(4-6-12)18-10-13-9-14(16)15(17)21-13/h3-6,9,18H,7-8,10H2,1-2H3. The number of ether oxygens (including phenoxy) is 1. The molecular weight excluding hydrogens is 400 g/mol. The molecule has 0 aliphatic heterocycles. The first-order chi connectivity index (χ1) is 10.0. The number of anilines is 1. The average Bonchev–Trinajstić information content (AvgIpc) is 2.77. The zero-order chi connectivity index (χ0) is 15.2. The zero-order valence-electron chi connectivity index (χ0n) is 12.0. The van der Waals surface area contributed by atoms with Gasteiger partial charge in [-0.2, -0.15) is 0 Å². The van der Waals surface area contributed by atoms with E-state index < -0.39 is 0 Å². The number of rotatable bonds is 7. The Morgan fingerprint density at radius 2 is 1.90 bits per heavy atom. The molecule has 1 heterocycles. The van der Waals surface area contributed by atoms with Crippen molar-refractivity contribution >= 4 is 37.5 Å². The number of furan rings is 1.